The van der Waals surface area contributed by atoms with Crippen LogP contribution in [0.5, 0.6) is 0 Å². The van der Waals surface area contributed by atoms with Crippen LogP contribution in [0.25, 0.3) is 0 Å². The summed E-state index contributed by atoms with van der Waals surface area (Å²) >= 11 is 2.36. The highest BCUT2D eigenvalue weighted by Crippen LogP contribution is 2.36. The largest absolute Gasteiger partial charge is 0.505 e. The summed E-state index contributed by atoms with van der Waals surface area (Å²) < 4.78 is 31.2. The van der Waals surface area contributed by atoms with E-state index in [0.717, 1.165) is 4.05 Å². The first-order valence-corrected chi connectivity index (χ1v) is 13.2. The third-order valence-electron chi connectivity index (χ3n) is 3.19. The third-order valence-corrected chi connectivity index (χ3v) is 15.1. The van der Waals surface area contributed by atoms with Crippen molar-refractivity contribution >= 4 is 40.0 Å². The van der Waals surface area contributed by atoms with Crippen LogP contribution >= 0.6 is 22.6 Å². The molecule has 0 aromatic heterocycles. The second-order valence-electron chi connectivity index (χ2n) is 4.44. The molecule has 0 saturated carbocycles. The Balaban J connectivity index is 5.57. The molecule has 0 saturated heterocycles. The zero-order chi connectivity index (χ0) is 16.4. The highest BCUT2D eigenvalue weighted by molar-refractivity contribution is 14.1. The summed E-state index contributed by atoms with van der Waals surface area (Å²) in [5, 5.41) is 0.0293. The number of halogens is 1. The first-order valence-electron chi connectivity index (χ1n) is 7.78. The molecule has 8 heteroatoms. The molecule has 0 aliphatic carbocycles. The van der Waals surface area contributed by atoms with Gasteiger partial charge in [-0.1, -0.05) is 29.5 Å². The van der Waals surface area contributed by atoms with E-state index in [-0.39, 0.29) is 5.16 Å². The van der Waals surface area contributed by atoms with Crippen molar-refractivity contribution in [2.75, 3.05) is 37.1 Å². The fourth-order valence-electron chi connectivity index (χ4n) is 2.35. The molecule has 0 amide bonds. The molecule has 21 heavy (non-hydrogen) atoms. The molecule has 0 spiro atoms. The number of alkyl halides is 1. The molecule has 5 nitrogen and oxygen atoms in total. The molecule has 0 bridgehead atoms. The van der Waals surface area contributed by atoms with Crippen LogP contribution < -0.4 is 0 Å². The maximum atomic E-state index is 6.13. The molecule has 0 fully saturated rings. The van der Waals surface area contributed by atoms with E-state index in [1.165, 1.54) is 0 Å². The maximum Gasteiger partial charge on any atom is 0.505 e. The first-order chi connectivity index (χ1) is 10.0. The normalized spacial score (nSPS) is 14.4. The van der Waals surface area contributed by atoms with Crippen molar-refractivity contribution < 1.29 is 22.1 Å². The molecule has 1 unspecified atom stereocenters. The molecular weight excluding hydrogens is 419 g/mol. The second-order valence-corrected chi connectivity index (χ2v) is 13.6. The molecule has 1 atom stereocenters. The lowest BCUT2D eigenvalue weighted by atomic mass is 10.9. The predicted molar refractivity (Wildman–Crippen MR) is 97.9 cm³/mol. The van der Waals surface area contributed by atoms with Crippen LogP contribution in [0.1, 0.15) is 41.5 Å². The molecule has 128 valence electrons. The minimum absolute atomic E-state index is 0.0293. The molecule has 0 heterocycles. The molecule has 0 N–H and O–H groups in total. The van der Waals surface area contributed by atoms with Crippen molar-refractivity contribution in [3.05, 3.63) is 0 Å². The van der Waals surface area contributed by atoms with E-state index in [1.807, 2.05) is 34.6 Å². The molecular formula is C13H31IO5Si2. The highest BCUT2D eigenvalue weighted by atomic mass is 127. The van der Waals surface area contributed by atoms with E-state index in [9.17, 15) is 0 Å². The van der Waals surface area contributed by atoms with Gasteiger partial charge in [0, 0.05) is 37.1 Å². The van der Waals surface area contributed by atoms with Gasteiger partial charge in [-0.2, -0.15) is 0 Å². The molecule has 0 rings (SSSR count). The second kappa shape index (κ2) is 11.5. The van der Waals surface area contributed by atoms with Crippen molar-refractivity contribution in [3.63, 3.8) is 0 Å². The molecule has 0 aliphatic heterocycles. The summed E-state index contributed by atoms with van der Waals surface area (Å²) in [5.74, 6) is 0. The standard InChI is InChI=1S/C13H31IO5Si2/c1-7-15-20(12-14,16-8-2)13(6)21(17-9-3,18-10-4)19-11-5/h13H,7-12H2,1-6H3. The molecule has 0 radical (unpaired) electrons. The fraction of sp³-hybridized carbons (Fsp3) is 1.00. The van der Waals surface area contributed by atoms with E-state index in [2.05, 4.69) is 29.5 Å². The van der Waals surface area contributed by atoms with Crippen LogP contribution in [0, 0.1) is 0 Å². The van der Waals surface area contributed by atoms with Crippen molar-refractivity contribution in [2.24, 2.45) is 0 Å². The lowest BCUT2D eigenvalue weighted by molar-refractivity contribution is 0.0615. The van der Waals surface area contributed by atoms with Crippen LogP contribution in [0.2, 0.25) is 5.16 Å². The first kappa shape index (κ1) is 22.0. The van der Waals surface area contributed by atoms with Gasteiger partial charge in [0.25, 0.3) is 0 Å². The summed E-state index contributed by atoms with van der Waals surface area (Å²) in [5.41, 5.74) is 0. The van der Waals surface area contributed by atoms with Gasteiger partial charge in [0.1, 0.15) is 0 Å². The Bertz CT molecular complexity index is 248. The lowest BCUT2D eigenvalue weighted by Crippen LogP contribution is -2.63. The van der Waals surface area contributed by atoms with Gasteiger partial charge in [0.2, 0.25) is 0 Å². The van der Waals surface area contributed by atoms with Gasteiger partial charge in [0.15, 0.2) is 0 Å². The lowest BCUT2D eigenvalue weighted by Gasteiger charge is -2.41. The quantitative estimate of drug-likeness (QED) is 0.244. The van der Waals surface area contributed by atoms with Crippen LogP contribution in [-0.4, -0.2) is 54.5 Å². The summed E-state index contributed by atoms with van der Waals surface area (Å²) in [4.78, 5) is 0. The molecule has 0 aromatic carbocycles. The number of hydrogen-bond donors (Lipinski definition) is 0. The van der Waals surface area contributed by atoms with Gasteiger partial charge >= 0.3 is 17.4 Å². The van der Waals surface area contributed by atoms with Gasteiger partial charge in [-0.15, -0.1) is 0 Å². The average Bonchev–Trinajstić information content (AvgIpc) is 2.46. The predicted octanol–water partition coefficient (Wildman–Crippen LogP) is 3.45. The van der Waals surface area contributed by atoms with Gasteiger partial charge in [-0.3, -0.25) is 0 Å². The Morgan fingerprint density at radius 3 is 1.29 bits per heavy atom. The van der Waals surface area contributed by atoms with Gasteiger partial charge in [-0.25, -0.2) is 0 Å². The summed E-state index contributed by atoms with van der Waals surface area (Å²) in [6, 6.07) is 0. The van der Waals surface area contributed by atoms with Crippen LogP contribution in [0.15, 0.2) is 0 Å². The Hall–Kier alpha value is 0.964. The van der Waals surface area contributed by atoms with E-state index in [0.29, 0.717) is 33.0 Å². The zero-order valence-electron chi connectivity index (χ0n) is 14.2. The van der Waals surface area contributed by atoms with Crippen LogP contribution in [0.4, 0.5) is 0 Å². The number of rotatable bonds is 13. The number of hydrogen-bond acceptors (Lipinski definition) is 5. The Labute approximate surface area is 145 Å². The minimum Gasteiger partial charge on any atom is -0.394 e. The van der Waals surface area contributed by atoms with Gasteiger partial charge in [-0.05, 0) is 34.6 Å². The van der Waals surface area contributed by atoms with Crippen molar-refractivity contribution in [2.45, 2.75) is 46.7 Å². The van der Waals surface area contributed by atoms with Crippen molar-refractivity contribution in [1.29, 1.82) is 0 Å². The van der Waals surface area contributed by atoms with E-state index in [4.69, 9.17) is 22.1 Å². The van der Waals surface area contributed by atoms with Crippen molar-refractivity contribution in [3.8, 4) is 0 Å². The fourth-order valence-corrected chi connectivity index (χ4v) is 14.8. The Morgan fingerprint density at radius 2 is 1.05 bits per heavy atom. The van der Waals surface area contributed by atoms with Crippen LogP contribution in [-0.2, 0) is 22.1 Å². The zero-order valence-corrected chi connectivity index (χ0v) is 18.4. The smallest absolute Gasteiger partial charge is 0.394 e. The molecule has 0 aromatic rings. The summed E-state index contributed by atoms with van der Waals surface area (Å²) in [6.45, 7) is 15.0. The summed E-state index contributed by atoms with van der Waals surface area (Å²) in [7, 11) is -5.27. The van der Waals surface area contributed by atoms with E-state index in [1.54, 1.807) is 0 Å². The highest BCUT2D eigenvalue weighted by Gasteiger charge is 2.60. The van der Waals surface area contributed by atoms with Gasteiger partial charge < -0.3 is 22.1 Å². The third kappa shape index (κ3) is 5.83. The monoisotopic (exact) mass is 450 g/mol. The SMILES string of the molecule is CCO[Si](CI)(OCC)C(C)[Si](OCC)(OCC)OCC. The van der Waals surface area contributed by atoms with E-state index >= 15 is 0 Å². The maximum absolute atomic E-state index is 6.13. The van der Waals surface area contributed by atoms with E-state index < -0.39 is 17.4 Å². The topological polar surface area (TPSA) is 46.2 Å². The summed E-state index contributed by atoms with van der Waals surface area (Å²) in [6.07, 6.45) is 0. The van der Waals surface area contributed by atoms with Crippen LogP contribution in [0.3, 0.4) is 0 Å². The van der Waals surface area contributed by atoms with Gasteiger partial charge in [0.05, 0.1) is 5.16 Å². The van der Waals surface area contributed by atoms with Crippen molar-refractivity contribution in [1.82, 2.24) is 0 Å². The molecule has 0 aliphatic rings. The Morgan fingerprint density at radius 1 is 0.714 bits per heavy atom. The minimum atomic E-state index is -2.82. The Kier molecular flexibility index (Phi) is 12.0. The average molecular weight is 450 g/mol.